The van der Waals surface area contributed by atoms with Gasteiger partial charge in [0.1, 0.15) is 5.75 Å². The van der Waals surface area contributed by atoms with E-state index < -0.39 is 12.1 Å². The highest BCUT2D eigenvalue weighted by Crippen LogP contribution is 2.13. The molecule has 4 N–H and O–H groups in total. The molecule has 0 aliphatic heterocycles. The summed E-state index contributed by atoms with van der Waals surface area (Å²) >= 11 is 0. The van der Waals surface area contributed by atoms with Gasteiger partial charge in [0, 0.05) is 31.6 Å². The molecule has 3 aromatic rings. The first-order chi connectivity index (χ1) is 17.0. The zero-order valence-electron chi connectivity index (χ0n) is 20.4. The predicted octanol–water partition coefficient (Wildman–Crippen LogP) is 3.71. The Morgan fingerprint density at radius 1 is 0.861 bits per heavy atom. The van der Waals surface area contributed by atoms with Gasteiger partial charge in [0.2, 0.25) is 11.8 Å². The molecule has 0 aliphatic rings. The predicted molar refractivity (Wildman–Crippen MR) is 144 cm³/mol. The van der Waals surface area contributed by atoms with Crippen LogP contribution >= 0.6 is 12.4 Å². The number of benzene rings is 3. The second kappa shape index (κ2) is 15.6. The van der Waals surface area contributed by atoms with Gasteiger partial charge < -0.3 is 25.8 Å². The van der Waals surface area contributed by atoms with Crippen molar-refractivity contribution in [1.29, 1.82) is 0 Å². The van der Waals surface area contributed by atoms with Crippen molar-refractivity contribution < 1.29 is 19.4 Å². The van der Waals surface area contributed by atoms with Crippen molar-refractivity contribution in [2.24, 2.45) is 0 Å². The molecule has 7 nitrogen and oxygen atoms in total. The van der Waals surface area contributed by atoms with Crippen LogP contribution in [0.15, 0.2) is 84.9 Å². The highest BCUT2D eigenvalue weighted by molar-refractivity contribution is 5.93. The quantitative estimate of drug-likeness (QED) is 0.280. The van der Waals surface area contributed by atoms with E-state index >= 15 is 0 Å². The van der Waals surface area contributed by atoms with Crippen LogP contribution in [0.25, 0.3) is 0 Å². The molecule has 0 aliphatic carbocycles. The summed E-state index contributed by atoms with van der Waals surface area (Å²) in [5, 5.41) is 19.8. The van der Waals surface area contributed by atoms with Gasteiger partial charge in [-0.25, -0.2) is 0 Å². The first-order valence-corrected chi connectivity index (χ1v) is 11.7. The molecule has 0 saturated carbocycles. The Hall–Kier alpha value is -3.39. The number of aliphatic hydroxyl groups is 1. The summed E-state index contributed by atoms with van der Waals surface area (Å²) in [6.45, 7) is 0.851. The third-order valence-electron chi connectivity index (χ3n) is 5.56. The first kappa shape index (κ1) is 28.8. The summed E-state index contributed by atoms with van der Waals surface area (Å²) in [7, 11) is 1.62. The molecule has 0 heterocycles. The standard InChI is InChI=1S/C28H33N3O4.ClH/c1-35-24-14-8-11-22(17-24)19-29-20-26(32)25(18-21-9-4-2-5-10-21)31-28(34)16-15-27(33)30-23-12-6-3-7-13-23;/h2-14,17,25-26,29,32H,15-16,18-20H2,1H3,(H,30,33)(H,31,34);1H/t25-,26+;/m0./s1. The van der Waals surface area contributed by atoms with Gasteiger partial charge >= 0.3 is 0 Å². The lowest BCUT2D eigenvalue weighted by molar-refractivity contribution is -0.125. The number of halogens is 1. The lowest BCUT2D eigenvalue weighted by atomic mass is 10.0. The number of nitrogens with one attached hydrogen (secondary N) is 3. The van der Waals surface area contributed by atoms with Gasteiger partial charge in [-0.2, -0.15) is 0 Å². The summed E-state index contributed by atoms with van der Waals surface area (Å²) in [6.07, 6.45) is -0.246. The third-order valence-corrected chi connectivity index (χ3v) is 5.56. The largest absolute Gasteiger partial charge is 0.497 e. The van der Waals surface area contributed by atoms with E-state index in [0.29, 0.717) is 25.2 Å². The molecule has 192 valence electrons. The molecular weight excluding hydrogens is 478 g/mol. The summed E-state index contributed by atoms with van der Waals surface area (Å²) in [6, 6.07) is 26.0. The number of carbonyl (C=O) groups is 2. The molecule has 0 saturated heterocycles. The molecule has 0 radical (unpaired) electrons. The van der Waals surface area contributed by atoms with Gasteiger partial charge in [-0.15, -0.1) is 12.4 Å². The van der Waals surface area contributed by atoms with Crippen molar-refractivity contribution >= 4 is 29.9 Å². The number of ether oxygens (including phenoxy) is 1. The van der Waals surface area contributed by atoms with E-state index in [1.807, 2.05) is 72.8 Å². The van der Waals surface area contributed by atoms with Gasteiger partial charge in [-0.1, -0.05) is 60.7 Å². The topological polar surface area (TPSA) is 99.7 Å². The Balaban J connectivity index is 0.00000456. The number of anilines is 1. The zero-order chi connectivity index (χ0) is 24.9. The van der Waals surface area contributed by atoms with E-state index in [0.717, 1.165) is 16.9 Å². The van der Waals surface area contributed by atoms with Crippen molar-refractivity contribution in [3.05, 3.63) is 96.1 Å². The van der Waals surface area contributed by atoms with E-state index in [4.69, 9.17) is 4.74 Å². The van der Waals surface area contributed by atoms with E-state index in [-0.39, 0.29) is 37.1 Å². The molecule has 2 atom stereocenters. The highest BCUT2D eigenvalue weighted by atomic mass is 35.5. The summed E-state index contributed by atoms with van der Waals surface area (Å²) < 4.78 is 5.25. The average molecular weight is 512 g/mol. The van der Waals surface area contributed by atoms with Crippen LogP contribution < -0.4 is 20.7 Å². The average Bonchev–Trinajstić information content (AvgIpc) is 2.88. The van der Waals surface area contributed by atoms with Crippen LogP contribution in [0.3, 0.4) is 0 Å². The van der Waals surface area contributed by atoms with Crippen LogP contribution in [-0.2, 0) is 22.6 Å². The Morgan fingerprint density at radius 2 is 1.50 bits per heavy atom. The van der Waals surface area contributed by atoms with Crippen molar-refractivity contribution in [3.8, 4) is 5.75 Å². The Kier molecular flexibility index (Phi) is 12.5. The number of carbonyl (C=O) groups excluding carboxylic acids is 2. The maximum atomic E-state index is 12.6. The first-order valence-electron chi connectivity index (χ1n) is 11.7. The van der Waals surface area contributed by atoms with Crippen LogP contribution in [0, 0.1) is 0 Å². The molecule has 3 rings (SSSR count). The van der Waals surface area contributed by atoms with Gasteiger partial charge in [0.25, 0.3) is 0 Å². The third kappa shape index (κ3) is 10.1. The fraction of sp³-hybridized carbons (Fsp3) is 0.286. The normalized spacial score (nSPS) is 12.1. The molecule has 0 unspecified atom stereocenters. The lowest BCUT2D eigenvalue weighted by Crippen LogP contribution is -2.48. The minimum atomic E-state index is -0.817. The summed E-state index contributed by atoms with van der Waals surface area (Å²) in [5.74, 6) is 0.266. The summed E-state index contributed by atoms with van der Waals surface area (Å²) in [5.41, 5.74) is 2.73. The minimum Gasteiger partial charge on any atom is -0.497 e. The Labute approximate surface area is 218 Å². The molecule has 0 fully saturated rings. The number of aliphatic hydroxyl groups excluding tert-OH is 1. The second-order valence-corrected chi connectivity index (χ2v) is 8.33. The van der Waals surface area contributed by atoms with E-state index in [1.54, 1.807) is 19.2 Å². The lowest BCUT2D eigenvalue weighted by Gasteiger charge is -2.25. The molecular formula is C28H34ClN3O4. The fourth-order valence-corrected chi connectivity index (χ4v) is 3.69. The molecule has 3 aromatic carbocycles. The number of rotatable bonds is 13. The van der Waals surface area contributed by atoms with Gasteiger partial charge in [0.15, 0.2) is 0 Å². The van der Waals surface area contributed by atoms with Crippen molar-refractivity contribution in [3.63, 3.8) is 0 Å². The maximum absolute atomic E-state index is 12.6. The number of hydrogen-bond acceptors (Lipinski definition) is 5. The summed E-state index contributed by atoms with van der Waals surface area (Å²) in [4.78, 5) is 24.8. The number of para-hydroxylation sites is 1. The van der Waals surface area contributed by atoms with Crippen LogP contribution in [0.4, 0.5) is 5.69 Å². The molecule has 2 amide bonds. The smallest absolute Gasteiger partial charge is 0.224 e. The van der Waals surface area contributed by atoms with Gasteiger partial charge in [-0.05, 0) is 41.8 Å². The fourth-order valence-electron chi connectivity index (χ4n) is 3.69. The molecule has 36 heavy (non-hydrogen) atoms. The van der Waals surface area contributed by atoms with Crippen molar-refractivity contribution in [2.75, 3.05) is 19.0 Å². The van der Waals surface area contributed by atoms with Crippen LogP contribution in [0.2, 0.25) is 0 Å². The SMILES string of the molecule is COc1cccc(CNC[C@@H](O)[C@H](Cc2ccccc2)NC(=O)CCC(=O)Nc2ccccc2)c1.Cl. The second-order valence-electron chi connectivity index (χ2n) is 8.33. The van der Waals surface area contributed by atoms with Gasteiger partial charge in [-0.3, -0.25) is 9.59 Å². The maximum Gasteiger partial charge on any atom is 0.224 e. The number of methoxy groups -OCH3 is 1. The number of amides is 2. The molecule has 0 aromatic heterocycles. The number of hydrogen-bond donors (Lipinski definition) is 4. The molecule has 0 bridgehead atoms. The molecule has 0 spiro atoms. The Morgan fingerprint density at radius 3 is 2.19 bits per heavy atom. The monoisotopic (exact) mass is 511 g/mol. The van der Waals surface area contributed by atoms with E-state index in [2.05, 4.69) is 16.0 Å². The highest BCUT2D eigenvalue weighted by Gasteiger charge is 2.22. The van der Waals surface area contributed by atoms with Crippen LogP contribution in [-0.4, -0.2) is 42.7 Å². The zero-order valence-corrected chi connectivity index (χ0v) is 21.2. The van der Waals surface area contributed by atoms with E-state index in [1.165, 1.54) is 0 Å². The van der Waals surface area contributed by atoms with E-state index in [9.17, 15) is 14.7 Å². The van der Waals surface area contributed by atoms with Crippen LogP contribution in [0.1, 0.15) is 24.0 Å². The Bertz CT molecular complexity index is 1070. The van der Waals surface area contributed by atoms with Crippen LogP contribution in [0.5, 0.6) is 5.75 Å². The minimum absolute atomic E-state index is 0. The van der Waals surface area contributed by atoms with Crippen molar-refractivity contribution in [1.82, 2.24) is 10.6 Å². The van der Waals surface area contributed by atoms with Crippen molar-refractivity contribution in [2.45, 2.75) is 38.0 Å². The van der Waals surface area contributed by atoms with Gasteiger partial charge in [0.05, 0.1) is 19.3 Å². The molecule has 8 heteroatoms.